The molecule has 1 saturated heterocycles. The zero-order chi connectivity index (χ0) is 17.5. The van der Waals surface area contributed by atoms with Gasteiger partial charge in [-0.25, -0.2) is 4.79 Å². The summed E-state index contributed by atoms with van der Waals surface area (Å²) in [6.45, 7) is 2.42. The van der Waals surface area contributed by atoms with Gasteiger partial charge in [-0.15, -0.1) is 0 Å². The van der Waals surface area contributed by atoms with Gasteiger partial charge in [-0.1, -0.05) is 12.1 Å². The molecule has 1 aliphatic heterocycles. The van der Waals surface area contributed by atoms with Crippen molar-refractivity contribution in [2.24, 2.45) is 0 Å². The van der Waals surface area contributed by atoms with E-state index in [0.29, 0.717) is 30.9 Å². The molecular formula is C17H22N2O5. The minimum absolute atomic E-state index is 0.233. The fraction of sp³-hybridized carbons (Fsp3) is 0.471. The summed E-state index contributed by atoms with van der Waals surface area (Å²) in [5.74, 6) is -1.36. The highest BCUT2D eigenvalue weighted by molar-refractivity contribution is 5.99. The molecular weight excluding hydrogens is 312 g/mol. The summed E-state index contributed by atoms with van der Waals surface area (Å²) in [5.41, 5.74) is 0.348. The van der Waals surface area contributed by atoms with Crippen LogP contribution < -0.4 is 10.1 Å². The first-order valence-electron chi connectivity index (χ1n) is 8.07. The lowest BCUT2D eigenvalue weighted by molar-refractivity contribution is -0.151. The van der Waals surface area contributed by atoms with Crippen molar-refractivity contribution in [3.8, 4) is 5.75 Å². The van der Waals surface area contributed by atoms with Crippen LogP contribution in [-0.2, 0) is 9.59 Å². The monoisotopic (exact) mass is 334 g/mol. The van der Waals surface area contributed by atoms with Crippen molar-refractivity contribution in [2.45, 2.75) is 32.2 Å². The summed E-state index contributed by atoms with van der Waals surface area (Å²) < 4.78 is 5.40. The fourth-order valence-corrected chi connectivity index (χ4v) is 2.78. The topological polar surface area (TPSA) is 95.9 Å². The van der Waals surface area contributed by atoms with Gasteiger partial charge in [0, 0.05) is 6.54 Å². The van der Waals surface area contributed by atoms with Gasteiger partial charge in [0.25, 0.3) is 5.91 Å². The van der Waals surface area contributed by atoms with Gasteiger partial charge in [-0.3, -0.25) is 9.59 Å². The van der Waals surface area contributed by atoms with E-state index in [4.69, 9.17) is 4.74 Å². The van der Waals surface area contributed by atoms with Crippen molar-refractivity contribution in [3.05, 3.63) is 29.8 Å². The van der Waals surface area contributed by atoms with Crippen molar-refractivity contribution in [1.82, 2.24) is 10.2 Å². The Labute approximate surface area is 140 Å². The van der Waals surface area contributed by atoms with Crippen LogP contribution in [0.2, 0.25) is 0 Å². The molecule has 0 radical (unpaired) electrons. The number of aliphatic carboxylic acids is 1. The Hall–Kier alpha value is -2.57. The Bertz CT molecular complexity index is 617. The molecule has 2 rings (SSSR count). The maximum Gasteiger partial charge on any atom is 0.326 e. The zero-order valence-electron chi connectivity index (χ0n) is 13.7. The van der Waals surface area contributed by atoms with Gasteiger partial charge < -0.3 is 20.1 Å². The maximum absolute atomic E-state index is 12.3. The number of carboxylic acid groups (broad SMARTS) is 1. The van der Waals surface area contributed by atoms with Gasteiger partial charge in [0.15, 0.2) is 0 Å². The predicted molar refractivity (Wildman–Crippen MR) is 86.9 cm³/mol. The standard InChI is InChI=1S/C17H22N2O5/c1-2-24-14-9-4-3-7-12(14)16(21)18-11-15(20)19-10-6-5-8-13(19)17(22)23/h3-4,7,9,13H,2,5-6,8,10-11H2,1H3,(H,18,21)(H,22,23). The Morgan fingerprint density at radius 3 is 2.75 bits per heavy atom. The highest BCUT2D eigenvalue weighted by Gasteiger charge is 2.31. The van der Waals surface area contributed by atoms with Crippen LogP contribution in [0.4, 0.5) is 0 Å². The third-order valence-corrected chi connectivity index (χ3v) is 3.94. The van der Waals surface area contributed by atoms with E-state index in [2.05, 4.69) is 5.32 Å². The number of rotatable bonds is 6. The molecule has 1 fully saturated rings. The number of benzene rings is 1. The van der Waals surface area contributed by atoms with Crippen LogP contribution in [0.25, 0.3) is 0 Å². The predicted octanol–water partition coefficient (Wildman–Crippen LogP) is 1.28. The number of carbonyl (C=O) groups excluding carboxylic acids is 2. The van der Waals surface area contributed by atoms with E-state index < -0.39 is 17.9 Å². The number of para-hydroxylation sites is 1. The summed E-state index contributed by atoms with van der Waals surface area (Å²) in [4.78, 5) is 37.1. The highest BCUT2D eigenvalue weighted by Crippen LogP contribution is 2.19. The smallest absolute Gasteiger partial charge is 0.326 e. The van der Waals surface area contributed by atoms with Crippen LogP contribution in [0.15, 0.2) is 24.3 Å². The first-order valence-corrected chi connectivity index (χ1v) is 8.07. The Balaban J connectivity index is 1.98. The largest absolute Gasteiger partial charge is 0.493 e. The van der Waals surface area contributed by atoms with Crippen LogP contribution in [0.5, 0.6) is 5.75 Å². The van der Waals surface area contributed by atoms with Gasteiger partial charge in [-0.2, -0.15) is 0 Å². The summed E-state index contributed by atoms with van der Waals surface area (Å²) in [6.07, 6.45) is 2.01. The number of piperidine rings is 1. The number of hydrogen-bond acceptors (Lipinski definition) is 4. The highest BCUT2D eigenvalue weighted by atomic mass is 16.5. The van der Waals surface area contributed by atoms with Gasteiger partial charge in [0.05, 0.1) is 18.7 Å². The maximum atomic E-state index is 12.3. The lowest BCUT2D eigenvalue weighted by atomic mass is 10.0. The lowest BCUT2D eigenvalue weighted by Gasteiger charge is -2.33. The second kappa shape index (κ2) is 8.33. The van der Waals surface area contributed by atoms with Crippen LogP contribution >= 0.6 is 0 Å². The normalized spacial score (nSPS) is 17.2. The Kier molecular flexibility index (Phi) is 6.17. The fourth-order valence-electron chi connectivity index (χ4n) is 2.78. The molecule has 1 unspecified atom stereocenters. The van der Waals surface area contributed by atoms with Crippen molar-refractivity contribution in [2.75, 3.05) is 19.7 Å². The molecule has 0 spiro atoms. The zero-order valence-corrected chi connectivity index (χ0v) is 13.7. The SMILES string of the molecule is CCOc1ccccc1C(=O)NCC(=O)N1CCCCC1C(=O)O. The molecule has 1 aromatic carbocycles. The number of carbonyl (C=O) groups is 3. The molecule has 2 amide bonds. The van der Waals surface area contributed by atoms with E-state index >= 15 is 0 Å². The third kappa shape index (κ3) is 4.24. The minimum atomic E-state index is -1.00. The quantitative estimate of drug-likeness (QED) is 0.817. The van der Waals surface area contributed by atoms with Crippen LogP contribution in [0.3, 0.4) is 0 Å². The minimum Gasteiger partial charge on any atom is -0.493 e. The number of hydrogen-bond donors (Lipinski definition) is 2. The van der Waals surface area contributed by atoms with E-state index in [1.54, 1.807) is 24.3 Å². The molecule has 1 aromatic rings. The van der Waals surface area contributed by atoms with E-state index in [0.717, 1.165) is 12.8 Å². The second-order valence-corrected chi connectivity index (χ2v) is 5.55. The van der Waals surface area contributed by atoms with E-state index in [9.17, 15) is 19.5 Å². The Morgan fingerprint density at radius 2 is 2.04 bits per heavy atom. The third-order valence-electron chi connectivity index (χ3n) is 3.94. The van der Waals surface area contributed by atoms with Crippen molar-refractivity contribution < 1.29 is 24.2 Å². The van der Waals surface area contributed by atoms with E-state index in [-0.39, 0.29) is 12.5 Å². The number of likely N-dealkylation sites (tertiary alicyclic amines) is 1. The molecule has 7 nitrogen and oxygen atoms in total. The van der Waals surface area contributed by atoms with Crippen molar-refractivity contribution in [3.63, 3.8) is 0 Å². The number of amides is 2. The molecule has 1 atom stereocenters. The number of nitrogens with zero attached hydrogens (tertiary/aromatic N) is 1. The summed E-state index contributed by atoms with van der Waals surface area (Å²) >= 11 is 0. The van der Waals surface area contributed by atoms with Gasteiger partial charge in [0.1, 0.15) is 11.8 Å². The van der Waals surface area contributed by atoms with Crippen LogP contribution in [0.1, 0.15) is 36.5 Å². The van der Waals surface area contributed by atoms with Crippen LogP contribution in [0, 0.1) is 0 Å². The molecule has 24 heavy (non-hydrogen) atoms. The molecule has 1 heterocycles. The number of ether oxygens (including phenoxy) is 1. The number of carboxylic acids is 1. The number of nitrogens with one attached hydrogen (secondary N) is 1. The second-order valence-electron chi connectivity index (χ2n) is 5.55. The molecule has 130 valence electrons. The lowest BCUT2D eigenvalue weighted by Crippen LogP contribution is -2.51. The molecule has 0 aliphatic carbocycles. The summed E-state index contributed by atoms with van der Waals surface area (Å²) in [6, 6.07) is 5.97. The van der Waals surface area contributed by atoms with Gasteiger partial charge in [0.2, 0.25) is 5.91 Å². The average molecular weight is 334 g/mol. The summed E-state index contributed by atoms with van der Waals surface area (Å²) in [7, 11) is 0. The molecule has 0 aromatic heterocycles. The van der Waals surface area contributed by atoms with E-state index in [1.807, 2.05) is 6.92 Å². The molecule has 1 aliphatic rings. The first-order chi connectivity index (χ1) is 11.5. The molecule has 0 saturated carbocycles. The van der Waals surface area contributed by atoms with Gasteiger partial charge >= 0.3 is 5.97 Å². The first kappa shape index (κ1) is 17.8. The summed E-state index contributed by atoms with van der Waals surface area (Å²) in [5, 5.41) is 11.8. The van der Waals surface area contributed by atoms with Crippen molar-refractivity contribution >= 4 is 17.8 Å². The Morgan fingerprint density at radius 1 is 1.29 bits per heavy atom. The van der Waals surface area contributed by atoms with Gasteiger partial charge in [-0.05, 0) is 38.3 Å². The van der Waals surface area contributed by atoms with E-state index in [1.165, 1.54) is 4.90 Å². The average Bonchev–Trinajstić information content (AvgIpc) is 2.60. The van der Waals surface area contributed by atoms with Crippen LogP contribution in [-0.4, -0.2) is 53.5 Å². The van der Waals surface area contributed by atoms with Crippen molar-refractivity contribution in [1.29, 1.82) is 0 Å². The molecule has 2 N–H and O–H groups in total. The molecule has 0 bridgehead atoms. The molecule has 7 heteroatoms.